The number of likely N-dealkylation sites (tertiary alicyclic amines) is 1. The second-order valence-electron chi connectivity index (χ2n) is 4.14. The molecular weight excluding hydrogens is 166 g/mol. The maximum Gasteiger partial charge on any atom is 0.231 e. The minimum atomic E-state index is -0.201. The minimum absolute atomic E-state index is 0.201. The van der Waals surface area contributed by atoms with E-state index in [2.05, 4.69) is 10.2 Å². The third-order valence-electron chi connectivity index (χ3n) is 3.31. The Labute approximate surface area is 78.5 Å². The van der Waals surface area contributed by atoms with Gasteiger partial charge in [0.1, 0.15) is 0 Å². The molecule has 2 aliphatic rings. The number of nitrogens with one attached hydrogen (secondary N) is 1. The first-order chi connectivity index (χ1) is 6.23. The molecule has 2 saturated heterocycles. The van der Waals surface area contributed by atoms with Crippen molar-refractivity contribution in [3.8, 4) is 0 Å². The molecule has 2 rings (SSSR count). The zero-order valence-electron chi connectivity index (χ0n) is 7.88. The zero-order valence-corrected chi connectivity index (χ0v) is 7.88. The number of carbonyl (C=O) groups is 1. The normalized spacial score (nSPS) is 34.5. The fourth-order valence-electron chi connectivity index (χ4n) is 2.64. The molecule has 0 saturated carbocycles. The van der Waals surface area contributed by atoms with Crippen LogP contribution in [0.1, 0.15) is 19.3 Å². The van der Waals surface area contributed by atoms with Crippen LogP contribution in [0.3, 0.4) is 0 Å². The van der Waals surface area contributed by atoms with Crippen molar-refractivity contribution in [3.63, 3.8) is 0 Å². The number of primary amides is 1. The molecule has 0 aliphatic carbocycles. The molecule has 3 N–H and O–H groups in total. The summed E-state index contributed by atoms with van der Waals surface area (Å²) in [6.45, 7) is 3.57. The molecule has 2 heterocycles. The molecule has 2 aliphatic heterocycles. The molecule has 13 heavy (non-hydrogen) atoms. The van der Waals surface area contributed by atoms with Crippen LogP contribution in [0.15, 0.2) is 0 Å². The summed E-state index contributed by atoms with van der Waals surface area (Å²) >= 11 is 0. The fourth-order valence-corrected chi connectivity index (χ4v) is 2.64. The molecule has 4 nitrogen and oxygen atoms in total. The lowest BCUT2D eigenvalue weighted by Gasteiger charge is -2.33. The van der Waals surface area contributed by atoms with Gasteiger partial charge in [-0.2, -0.15) is 0 Å². The summed E-state index contributed by atoms with van der Waals surface area (Å²) in [5.74, 6) is -0.201. The molecule has 0 aromatic rings. The Balaban J connectivity index is 2.04. The number of rotatable bonds is 2. The standard InChI is InChI=1S/C9H17N3O/c10-8(13)6-12-5-1-2-9(12)3-4-11-7-9/h11H,1-7H2,(H2,10,13)/t9-/m0/s1. The summed E-state index contributed by atoms with van der Waals surface area (Å²) in [6.07, 6.45) is 3.59. The molecule has 0 radical (unpaired) electrons. The van der Waals surface area contributed by atoms with Crippen molar-refractivity contribution in [3.05, 3.63) is 0 Å². The number of hydrogen-bond acceptors (Lipinski definition) is 3. The number of nitrogens with zero attached hydrogens (tertiary/aromatic N) is 1. The van der Waals surface area contributed by atoms with Crippen LogP contribution in [-0.4, -0.2) is 42.5 Å². The van der Waals surface area contributed by atoms with E-state index in [-0.39, 0.29) is 11.4 Å². The van der Waals surface area contributed by atoms with Gasteiger partial charge in [-0.05, 0) is 32.4 Å². The molecule has 1 amide bonds. The van der Waals surface area contributed by atoms with E-state index >= 15 is 0 Å². The van der Waals surface area contributed by atoms with Crippen molar-refractivity contribution >= 4 is 5.91 Å². The highest BCUT2D eigenvalue weighted by Crippen LogP contribution is 2.33. The molecular formula is C9H17N3O. The lowest BCUT2D eigenvalue weighted by atomic mass is 9.95. The van der Waals surface area contributed by atoms with Crippen LogP contribution < -0.4 is 11.1 Å². The van der Waals surface area contributed by atoms with Gasteiger partial charge >= 0.3 is 0 Å². The van der Waals surface area contributed by atoms with E-state index in [1.165, 1.54) is 19.3 Å². The summed E-state index contributed by atoms with van der Waals surface area (Å²) in [5, 5.41) is 3.36. The van der Waals surface area contributed by atoms with Crippen molar-refractivity contribution in [1.29, 1.82) is 0 Å². The minimum Gasteiger partial charge on any atom is -0.369 e. The SMILES string of the molecule is NC(=O)CN1CCC[C@@]12CCNC2. The smallest absolute Gasteiger partial charge is 0.231 e. The molecule has 1 spiro atoms. The summed E-state index contributed by atoms with van der Waals surface area (Å²) in [7, 11) is 0. The Morgan fingerprint density at radius 2 is 2.38 bits per heavy atom. The van der Waals surface area contributed by atoms with Gasteiger partial charge in [-0.15, -0.1) is 0 Å². The second-order valence-corrected chi connectivity index (χ2v) is 4.14. The molecule has 0 aromatic carbocycles. The quantitative estimate of drug-likeness (QED) is 0.595. The van der Waals surface area contributed by atoms with E-state index in [0.717, 1.165) is 19.6 Å². The van der Waals surface area contributed by atoms with Crippen molar-refractivity contribution in [2.24, 2.45) is 5.73 Å². The first-order valence-corrected chi connectivity index (χ1v) is 4.97. The Hall–Kier alpha value is -0.610. The third-order valence-corrected chi connectivity index (χ3v) is 3.31. The first-order valence-electron chi connectivity index (χ1n) is 4.97. The van der Waals surface area contributed by atoms with Crippen LogP contribution in [0.2, 0.25) is 0 Å². The number of carbonyl (C=O) groups excluding carboxylic acids is 1. The predicted octanol–water partition coefficient (Wildman–Crippen LogP) is -0.700. The van der Waals surface area contributed by atoms with Crippen molar-refractivity contribution in [1.82, 2.24) is 10.2 Å². The van der Waals surface area contributed by atoms with Crippen LogP contribution in [0.25, 0.3) is 0 Å². The maximum absolute atomic E-state index is 10.9. The van der Waals surface area contributed by atoms with Gasteiger partial charge in [-0.1, -0.05) is 0 Å². The van der Waals surface area contributed by atoms with Gasteiger partial charge in [0.25, 0.3) is 0 Å². The number of nitrogens with two attached hydrogens (primary N) is 1. The van der Waals surface area contributed by atoms with E-state index in [9.17, 15) is 4.79 Å². The lowest BCUT2D eigenvalue weighted by Crippen LogP contribution is -2.48. The van der Waals surface area contributed by atoms with Gasteiger partial charge in [0.05, 0.1) is 6.54 Å². The van der Waals surface area contributed by atoms with Crippen LogP contribution in [-0.2, 0) is 4.79 Å². The van der Waals surface area contributed by atoms with E-state index in [1.807, 2.05) is 0 Å². The summed E-state index contributed by atoms with van der Waals surface area (Å²) in [4.78, 5) is 13.1. The highest BCUT2D eigenvalue weighted by atomic mass is 16.1. The average Bonchev–Trinajstić information content (AvgIpc) is 2.64. The molecule has 4 heteroatoms. The fraction of sp³-hybridized carbons (Fsp3) is 0.889. The summed E-state index contributed by atoms with van der Waals surface area (Å²) < 4.78 is 0. The highest BCUT2D eigenvalue weighted by Gasteiger charge is 2.43. The number of amides is 1. The third kappa shape index (κ3) is 1.56. The summed E-state index contributed by atoms with van der Waals surface area (Å²) in [5.41, 5.74) is 5.48. The van der Waals surface area contributed by atoms with Crippen LogP contribution in [0.4, 0.5) is 0 Å². The van der Waals surface area contributed by atoms with Gasteiger partial charge in [0.2, 0.25) is 5.91 Å². The van der Waals surface area contributed by atoms with Gasteiger partial charge in [0, 0.05) is 12.1 Å². The molecule has 2 fully saturated rings. The second kappa shape index (κ2) is 3.27. The molecule has 74 valence electrons. The molecule has 0 unspecified atom stereocenters. The van der Waals surface area contributed by atoms with Gasteiger partial charge in [-0.25, -0.2) is 0 Å². The van der Waals surface area contributed by atoms with E-state index in [4.69, 9.17) is 5.73 Å². The average molecular weight is 183 g/mol. The first kappa shape index (κ1) is 8.97. The van der Waals surface area contributed by atoms with E-state index in [1.54, 1.807) is 0 Å². The van der Waals surface area contributed by atoms with Crippen molar-refractivity contribution in [2.75, 3.05) is 26.2 Å². The largest absolute Gasteiger partial charge is 0.369 e. The van der Waals surface area contributed by atoms with Crippen LogP contribution in [0.5, 0.6) is 0 Å². The number of hydrogen-bond donors (Lipinski definition) is 2. The van der Waals surface area contributed by atoms with E-state index < -0.39 is 0 Å². The summed E-state index contributed by atoms with van der Waals surface area (Å²) in [6, 6.07) is 0. The van der Waals surface area contributed by atoms with Gasteiger partial charge in [0.15, 0.2) is 0 Å². The van der Waals surface area contributed by atoms with Crippen LogP contribution in [0, 0.1) is 0 Å². The maximum atomic E-state index is 10.9. The van der Waals surface area contributed by atoms with Crippen LogP contribution >= 0.6 is 0 Å². The van der Waals surface area contributed by atoms with Crippen molar-refractivity contribution < 1.29 is 4.79 Å². The monoisotopic (exact) mass is 183 g/mol. The van der Waals surface area contributed by atoms with E-state index in [0.29, 0.717) is 6.54 Å². The molecule has 0 bridgehead atoms. The Morgan fingerprint density at radius 1 is 1.54 bits per heavy atom. The Bertz CT molecular complexity index is 205. The zero-order chi connectivity index (χ0) is 9.31. The van der Waals surface area contributed by atoms with Gasteiger partial charge in [-0.3, -0.25) is 9.69 Å². The highest BCUT2D eigenvalue weighted by molar-refractivity contribution is 5.76. The molecule has 0 aromatic heterocycles. The van der Waals surface area contributed by atoms with Crippen molar-refractivity contribution in [2.45, 2.75) is 24.8 Å². The lowest BCUT2D eigenvalue weighted by molar-refractivity contribution is -0.120. The topological polar surface area (TPSA) is 58.4 Å². The molecule has 1 atom stereocenters. The Kier molecular flexibility index (Phi) is 2.26. The van der Waals surface area contributed by atoms with Gasteiger partial charge < -0.3 is 11.1 Å². The Morgan fingerprint density at radius 3 is 3.00 bits per heavy atom. The predicted molar refractivity (Wildman–Crippen MR) is 50.2 cm³/mol.